The van der Waals surface area contributed by atoms with E-state index in [1.807, 2.05) is 60.1 Å². The predicted molar refractivity (Wildman–Crippen MR) is 89.1 cm³/mol. The highest BCUT2D eigenvalue weighted by Gasteiger charge is 2.12. The van der Waals surface area contributed by atoms with Crippen LogP contribution in [0.2, 0.25) is 0 Å². The summed E-state index contributed by atoms with van der Waals surface area (Å²) in [4.78, 5) is 16.8. The van der Waals surface area contributed by atoms with Gasteiger partial charge in [-0.2, -0.15) is 5.10 Å². The van der Waals surface area contributed by atoms with Crippen molar-refractivity contribution in [3.63, 3.8) is 0 Å². The molecule has 0 radical (unpaired) electrons. The summed E-state index contributed by atoms with van der Waals surface area (Å²) >= 11 is 0. The standard InChI is InChI=1S/C17H15N5O/c1-21-15-9-5-3-7-13(15)19-17(21)20-16(23)11-22-14-8-4-2-6-12(14)10-18-22/h2-10H,11H2,1H3,(H,19,20,23). The molecule has 0 fully saturated rings. The first-order chi connectivity index (χ1) is 11.2. The Hall–Kier alpha value is -3.15. The van der Waals surface area contributed by atoms with Crippen molar-refractivity contribution in [2.75, 3.05) is 5.32 Å². The zero-order valence-electron chi connectivity index (χ0n) is 12.6. The van der Waals surface area contributed by atoms with Crippen LogP contribution in [0.15, 0.2) is 54.7 Å². The summed E-state index contributed by atoms with van der Waals surface area (Å²) in [5.41, 5.74) is 2.77. The third-order valence-corrected chi connectivity index (χ3v) is 3.88. The van der Waals surface area contributed by atoms with Crippen molar-refractivity contribution in [3.05, 3.63) is 54.7 Å². The van der Waals surface area contributed by atoms with Gasteiger partial charge in [0.1, 0.15) is 6.54 Å². The minimum atomic E-state index is -0.155. The number of hydrogen-bond acceptors (Lipinski definition) is 3. The van der Waals surface area contributed by atoms with Crippen molar-refractivity contribution in [1.29, 1.82) is 0 Å². The molecule has 1 amide bonds. The lowest BCUT2D eigenvalue weighted by Gasteiger charge is -2.06. The number of aryl methyl sites for hydroxylation is 1. The number of nitrogens with one attached hydrogen (secondary N) is 1. The quantitative estimate of drug-likeness (QED) is 0.632. The minimum absolute atomic E-state index is 0.150. The molecule has 1 N–H and O–H groups in total. The fraction of sp³-hybridized carbons (Fsp3) is 0.118. The van der Waals surface area contributed by atoms with E-state index in [9.17, 15) is 4.79 Å². The average molecular weight is 305 g/mol. The number of benzene rings is 2. The van der Waals surface area contributed by atoms with E-state index in [0.29, 0.717) is 5.95 Å². The maximum absolute atomic E-state index is 12.3. The van der Waals surface area contributed by atoms with Gasteiger partial charge in [-0.25, -0.2) is 4.98 Å². The molecule has 0 unspecified atom stereocenters. The molecule has 6 heteroatoms. The van der Waals surface area contributed by atoms with Gasteiger partial charge < -0.3 is 4.57 Å². The summed E-state index contributed by atoms with van der Waals surface area (Å²) in [6, 6.07) is 15.6. The molecular formula is C17H15N5O. The Morgan fingerprint density at radius 1 is 1.09 bits per heavy atom. The third-order valence-electron chi connectivity index (χ3n) is 3.88. The average Bonchev–Trinajstić information content (AvgIpc) is 3.10. The predicted octanol–water partition coefficient (Wildman–Crippen LogP) is 2.56. The number of nitrogens with zero attached hydrogens (tertiary/aromatic N) is 4. The summed E-state index contributed by atoms with van der Waals surface area (Å²) < 4.78 is 3.56. The number of imidazole rings is 1. The SMILES string of the molecule is Cn1c(NC(=O)Cn2ncc3ccccc32)nc2ccccc21. The molecule has 2 aromatic heterocycles. The summed E-state index contributed by atoms with van der Waals surface area (Å²) in [6.07, 6.45) is 1.76. The van der Waals surface area contributed by atoms with Gasteiger partial charge in [-0.15, -0.1) is 0 Å². The van der Waals surface area contributed by atoms with Crippen LogP contribution in [0.3, 0.4) is 0 Å². The van der Waals surface area contributed by atoms with Crippen molar-refractivity contribution in [2.45, 2.75) is 6.54 Å². The second-order valence-corrected chi connectivity index (χ2v) is 5.39. The first-order valence-corrected chi connectivity index (χ1v) is 7.34. The Morgan fingerprint density at radius 3 is 2.65 bits per heavy atom. The third kappa shape index (κ3) is 2.34. The van der Waals surface area contributed by atoms with Crippen LogP contribution in [0.4, 0.5) is 5.95 Å². The second-order valence-electron chi connectivity index (χ2n) is 5.39. The van der Waals surface area contributed by atoms with E-state index in [4.69, 9.17) is 0 Å². The Morgan fingerprint density at radius 2 is 1.83 bits per heavy atom. The zero-order valence-corrected chi connectivity index (χ0v) is 12.6. The van der Waals surface area contributed by atoms with E-state index < -0.39 is 0 Å². The van der Waals surface area contributed by atoms with E-state index >= 15 is 0 Å². The fourth-order valence-electron chi connectivity index (χ4n) is 2.71. The number of fused-ring (bicyclic) bond motifs is 2. The molecule has 0 saturated carbocycles. The number of rotatable bonds is 3. The van der Waals surface area contributed by atoms with Crippen LogP contribution in [-0.2, 0) is 18.4 Å². The van der Waals surface area contributed by atoms with Gasteiger partial charge in [-0.05, 0) is 18.2 Å². The summed E-state index contributed by atoms with van der Waals surface area (Å²) in [5.74, 6) is 0.380. The highest BCUT2D eigenvalue weighted by molar-refractivity contribution is 5.92. The molecule has 0 aliphatic carbocycles. The number of anilines is 1. The molecule has 0 spiro atoms. The molecule has 0 bridgehead atoms. The van der Waals surface area contributed by atoms with Gasteiger partial charge in [-0.1, -0.05) is 30.3 Å². The normalized spacial score (nSPS) is 11.2. The van der Waals surface area contributed by atoms with Crippen LogP contribution in [0, 0.1) is 0 Å². The van der Waals surface area contributed by atoms with Gasteiger partial charge in [0.25, 0.3) is 0 Å². The smallest absolute Gasteiger partial charge is 0.248 e. The first kappa shape index (κ1) is 13.5. The molecule has 0 aliphatic heterocycles. The number of carbonyl (C=O) groups excluding carboxylic acids is 1. The van der Waals surface area contributed by atoms with Gasteiger partial charge >= 0.3 is 0 Å². The maximum Gasteiger partial charge on any atom is 0.248 e. The lowest BCUT2D eigenvalue weighted by molar-refractivity contribution is -0.116. The topological polar surface area (TPSA) is 64.7 Å². The fourth-order valence-corrected chi connectivity index (χ4v) is 2.71. The van der Waals surface area contributed by atoms with E-state index in [-0.39, 0.29) is 12.5 Å². The van der Waals surface area contributed by atoms with Crippen LogP contribution < -0.4 is 5.32 Å². The molecule has 23 heavy (non-hydrogen) atoms. The van der Waals surface area contributed by atoms with E-state index in [0.717, 1.165) is 21.9 Å². The van der Waals surface area contributed by atoms with Crippen LogP contribution in [0.1, 0.15) is 0 Å². The van der Waals surface area contributed by atoms with Crippen molar-refractivity contribution < 1.29 is 4.79 Å². The number of carbonyl (C=O) groups is 1. The lowest BCUT2D eigenvalue weighted by Crippen LogP contribution is -2.21. The molecule has 2 aromatic carbocycles. The molecule has 0 atom stereocenters. The molecular weight excluding hydrogens is 290 g/mol. The van der Waals surface area contributed by atoms with Crippen molar-refractivity contribution in [1.82, 2.24) is 19.3 Å². The minimum Gasteiger partial charge on any atom is -0.313 e. The first-order valence-electron chi connectivity index (χ1n) is 7.34. The van der Waals surface area contributed by atoms with Crippen LogP contribution >= 0.6 is 0 Å². The molecule has 0 saturated heterocycles. The van der Waals surface area contributed by atoms with Gasteiger partial charge in [0.05, 0.1) is 22.7 Å². The van der Waals surface area contributed by atoms with Crippen molar-refractivity contribution in [3.8, 4) is 0 Å². The lowest BCUT2D eigenvalue weighted by atomic mass is 10.2. The van der Waals surface area contributed by atoms with Gasteiger partial charge in [0.2, 0.25) is 11.9 Å². The number of para-hydroxylation sites is 3. The number of amides is 1. The number of aromatic nitrogens is 4. The van der Waals surface area contributed by atoms with Crippen LogP contribution in [0.5, 0.6) is 0 Å². The van der Waals surface area contributed by atoms with Crippen LogP contribution in [0.25, 0.3) is 21.9 Å². The van der Waals surface area contributed by atoms with Gasteiger partial charge in [0.15, 0.2) is 0 Å². The Kier molecular flexibility index (Phi) is 3.08. The van der Waals surface area contributed by atoms with Crippen molar-refractivity contribution >= 4 is 33.8 Å². The molecule has 6 nitrogen and oxygen atoms in total. The largest absolute Gasteiger partial charge is 0.313 e. The molecule has 0 aliphatic rings. The Labute approximate surface area is 132 Å². The van der Waals surface area contributed by atoms with Crippen LogP contribution in [-0.4, -0.2) is 25.2 Å². The highest BCUT2D eigenvalue weighted by Crippen LogP contribution is 2.18. The monoisotopic (exact) mass is 305 g/mol. The van der Waals surface area contributed by atoms with E-state index in [2.05, 4.69) is 15.4 Å². The zero-order chi connectivity index (χ0) is 15.8. The maximum atomic E-state index is 12.3. The summed E-state index contributed by atoms with van der Waals surface area (Å²) in [7, 11) is 1.88. The number of hydrogen-bond donors (Lipinski definition) is 1. The summed E-state index contributed by atoms with van der Waals surface area (Å²) in [6.45, 7) is 0.150. The second kappa shape index (κ2) is 5.24. The molecule has 2 heterocycles. The Balaban J connectivity index is 1.58. The molecule has 114 valence electrons. The summed E-state index contributed by atoms with van der Waals surface area (Å²) in [5, 5.41) is 8.14. The highest BCUT2D eigenvalue weighted by atomic mass is 16.2. The van der Waals surface area contributed by atoms with E-state index in [1.54, 1.807) is 10.9 Å². The Bertz CT molecular complexity index is 1010. The van der Waals surface area contributed by atoms with Gasteiger partial charge in [0, 0.05) is 12.4 Å². The molecule has 4 rings (SSSR count). The molecule has 4 aromatic rings. The van der Waals surface area contributed by atoms with Crippen molar-refractivity contribution in [2.24, 2.45) is 7.05 Å². The van der Waals surface area contributed by atoms with E-state index in [1.165, 1.54) is 0 Å². The van der Waals surface area contributed by atoms with Gasteiger partial charge in [-0.3, -0.25) is 14.8 Å².